The molecule has 0 aliphatic carbocycles. The summed E-state index contributed by atoms with van der Waals surface area (Å²) in [6, 6.07) is 3.93. The van der Waals surface area contributed by atoms with Crippen molar-refractivity contribution in [2.24, 2.45) is 5.41 Å². The van der Waals surface area contributed by atoms with Crippen LogP contribution in [0.15, 0.2) is 16.3 Å². The molecule has 1 aromatic heterocycles. The normalized spacial score (nSPS) is 13.2. The average Bonchev–Trinajstić information content (AvgIpc) is 2.72. The Morgan fingerprint density at radius 3 is 2.42 bits per heavy atom. The third kappa shape index (κ3) is 6.03. The Bertz CT molecular complexity index is 499. The van der Waals surface area contributed by atoms with Crippen LogP contribution in [0.5, 0.6) is 0 Å². The molecule has 2 N–H and O–H groups in total. The molecule has 19 heavy (non-hydrogen) atoms. The summed E-state index contributed by atoms with van der Waals surface area (Å²) in [5.74, 6) is 0. The first-order chi connectivity index (χ1) is 8.60. The van der Waals surface area contributed by atoms with E-state index in [-0.39, 0.29) is 5.41 Å². The molecule has 0 bridgehead atoms. The summed E-state index contributed by atoms with van der Waals surface area (Å²) < 4.78 is 27.3. The van der Waals surface area contributed by atoms with Crippen molar-refractivity contribution in [1.82, 2.24) is 10.0 Å². The van der Waals surface area contributed by atoms with Crippen LogP contribution in [0, 0.1) is 5.41 Å². The molecular formula is C13H24N2O2S2. The van der Waals surface area contributed by atoms with Gasteiger partial charge in [0.25, 0.3) is 0 Å². The molecule has 0 spiro atoms. The van der Waals surface area contributed by atoms with Crippen molar-refractivity contribution in [2.45, 2.75) is 51.4 Å². The van der Waals surface area contributed by atoms with Crippen LogP contribution in [0.4, 0.5) is 0 Å². The first-order valence-corrected chi connectivity index (χ1v) is 8.72. The SMILES string of the molecule is CC(C)NCc1ccc(S(=O)(=O)NCC(C)(C)C)s1. The minimum atomic E-state index is -3.37. The van der Waals surface area contributed by atoms with Crippen LogP contribution >= 0.6 is 11.3 Å². The molecule has 0 atom stereocenters. The predicted octanol–water partition coefficient (Wildman–Crippen LogP) is 2.57. The van der Waals surface area contributed by atoms with Crippen molar-refractivity contribution in [1.29, 1.82) is 0 Å². The first-order valence-electron chi connectivity index (χ1n) is 6.42. The van der Waals surface area contributed by atoms with Crippen LogP contribution in [0.3, 0.4) is 0 Å². The van der Waals surface area contributed by atoms with Crippen LogP contribution in [-0.4, -0.2) is 21.0 Å². The summed E-state index contributed by atoms with van der Waals surface area (Å²) in [5.41, 5.74) is -0.0631. The molecule has 4 nitrogen and oxygen atoms in total. The number of sulfonamides is 1. The molecule has 0 aliphatic heterocycles. The van der Waals surface area contributed by atoms with Crippen molar-refractivity contribution in [3.05, 3.63) is 17.0 Å². The van der Waals surface area contributed by atoms with Gasteiger partial charge in [0.2, 0.25) is 10.0 Å². The van der Waals surface area contributed by atoms with Gasteiger partial charge in [0.05, 0.1) is 0 Å². The monoisotopic (exact) mass is 304 g/mol. The quantitative estimate of drug-likeness (QED) is 0.849. The van der Waals surface area contributed by atoms with E-state index in [0.717, 1.165) is 4.88 Å². The number of hydrogen-bond acceptors (Lipinski definition) is 4. The molecule has 1 heterocycles. The molecule has 0 aliphatic rings. The van der Waals surface area contributed by atoms with E-state index in [4.69, 9.17) is 0 Å². The maximum Gasteiger partial charge on any atom is 0.250 e. The van der Waals surface area contributed by atoms with Gasteiger partial charge in [0.1, 0.15) is 4.21 Å². The molecule has 0 fully saturated rings. The first kappa shape index (κ1) is 16.6. The minimum Gasteiger partial charge on any atom is -0.310 e. The minimum absolute atomic E-state index is 0.0631. The van der Waals surface area contributed by atoms with E-state index in [9.17, 15) is 8.42 Å². The maximum absolute atomic E-state index is 12.1. The van der Waals surface area contributed by atoms with E-state index in [1.54, 1.807) is 6.07 Å². The zero-order chi connectivity index (χ0) is 14.7. The third-order valence-electron chi connectivity index (χ3n) is 2.38. The summed E-state index contributed by atoms with van der Waals surface area (Å²) in [5, 5.41) is 3.28. The zero-order valence-corrected chi connectivity index (χ0v) is 13.9. The fourth-order valence-electron chi connectivity index (χ4n) is 1.29. The lowest BCUT2D eigenvalue weighted by Crippen LogP contribution is -2.31. The Labute approximate surface area is 120 Å². The molecule has 6 heteroatoms. The fourth-order valence-corrected chi connectivity index (χ4v) is 3.92. The maximum atomic E-state index is 12.1. The van der Waals surface area contributed by atoms with Crippen molar-refractivity contribution in [2.75, 3.05) is 6.54 Å². The molecule has 0 amide bonds. The fraction of sp³-hybridized carbons (Fsp3) is 0.692. The van der Waals surface area contributed by atoms with Crippen LogP contribution in [-0.2, 0) is 16.6 Å². The highest BCUT2D eigenvalue weighted by Crippen LogP contribution is 2.22. The highest BCUT2D eigenvalue weighted by molar-refractivity contribution is 7.91. The lowest BCUT2D eigenvalue weighted by atomic mass is 9.98. The average molecular weight is 304 g/mol. The highest BCUT2D eigenvalue weighted by atomic mass is 32.2. The predicted molar refractivity (Wildman–Crippen MR) is 80.9 cm³/mol. The van der Waals surface area contributed by atoms with Crippen LogP contribution in [0.2, 0.25) is 0 Å². The summed E-state index contributed by atoms with van der Waals surface area (Å²) in [7, 11) is -3.37. The summed E-state index contributed by atoms with van der Waals surface area (Å²) in [6.45, 7) is 11.3. The second kappa shape index (κ2) is 6.35. The topological polar surface area (TPSA) is 58.2 Å². The Morgan fingerprint density at radius 2 is 1.89 bits per heavy atom. The van der Waals surface area contributed by atoms with Gasteiger partial charge in [0.15, 0.2) is 0 Å². The Hall–Kier alpha value is -0.430. The number of hydrogen-bond donors (Lipinski definition) is 2. The van der Waals surface area contributed by atoms with Gasteiger partial charge in [0, 0.05) is 24.0 Å². The second-order valence-corrected chi connectivity index (χ2v) is 9.30. The zero-order valence-electron chi connectivity index (χ0n) is 12.3. The van der Waals surface area contributed by atoms with Crippen LogP contribution < -0.4 is 10.0 Å². The Morgan fingerprint density at radius 1 is 1.26 bits per heavy atom. The Balaban J connectivity index is 2.69. The summed E-state index contributed by atoms with van der Waals surface area (Å²) in [4.78, 5) is 1.03. The van der Waals surface area contributed by atoms with Gasteiger partial charge in [-0.05, 0) is 17.5 Å². The van der Waals surface area contributed by atoms with Crippen LogP contribution in [0.25, 0.3) is 0 Å². The lowest BCUT2D eigenvalue weighted by molar-refractivity contribution is 0.408. The van der Waals surface area contributed by atoms with Gasteiger partial charge < -0.3 is 5.32 Å². The van der Waals surface area contributed by atoms with Gasteiger partial charge in [-0.25, -0.2) is 13.1 Å². The summed E-state index contributed by atoms with van der Waals surface area (Å²) in [6.07, 6.45) is 0. The van der Waals surface area contributed by atoms with Gasteiger partial charge in [-0.3, -0.25) is 0 Å². The van der Waals surface area contributed by atoms with E-state index >= 15 is 0 Å². The van der Waals surface area contributed by atoms with Gasteiger partial charge >= 0.3 is 0 Å². The molecule has 1 aromatic rings. The number of thiophene rings is 1. The molecule has 1 rings (SSSR count). The number of nitrogens with one attached hydrogen (secondary N) is 2. The van der Waals surface area contributed by atoms with Crippen molar-refractivity contribution >= 4 is 21.4 Å². The van der Waals surface area contributed by atoms with E-state index in [0.29, 0.717) is 23.3 Å². The van der Waals surface area contributed by atoms with Gasteiger partial charge in [-0.1, -0.05) is 34.6 Å². The highest BCUT2D eigenvalue weighted by Gasteiger charge is 2.20. The Kier molecular flexibility index (Phi) is 5.55. The second-order valence-electron chi connectivity index (χ2n) is 6.14. The molecule has 0 aromatic carbocycles. The molecule has 110 valence electrons. The van der Waals surface area contributed by atoms with Gasteiger partial charge in [-0.2, -0.15) is 0 Å². The van der Waals surface area contributed by atoms with E-state index < -0.39 is 10.0 Å². The smallest absolute Gasteiger partial charge is 0.250 e. The largest absolute Gasteiger partial charge is 0.310 e. The molecular weight excluding hydrogens is 280 g/mol. The van der Waals surface area contributed by atoms with Crippen molar-refractivity contribution in [3.63, 3.8) is 0 Å². The molecule has 0 saturated carbocycles. The standard InChI is InChI=1S/C13H24N2O2S2/c1-10(2)14-8-11-6-7-12(18-11)19(16,17)15-9-13(3,4)5/h6-7,10,14-15H,8-9H2,1-5H3. The van der Waals surface area contributed by atoms with Crippen LogP contribution in [0.1, 0.15) is 39.5 Å². The van der Waals surface area contributed by atoms with Crippen molar-refractivity contribution < 1.29 is 8.42 Å². The lowest BCUT2D eigenvalue weighted by Gasteiger charge is -2.18. The van der Waals surface area contributed by atoms with Gasteiger partial charge in [-0.15, -0.1) is 11.3 Å². The van der Waals surface area contributed by atoms with E-state index in [2.05, 4.69) is 23.9 Å². The molecule has 0 radical (unpaired) electrons. The van der Waals surface area contributed by atoms with E-state index in [1.165, 1.54) is 11.3 Å². The number of rotatable bonds is 6. The third-order valence-corrected chi connectivity index (χ3v) is 5.36. The van der Waals surface area contributed by atoms with E-state index in [1.807, 2.05) is 26.8 Å². The molecule has 0 unspecified atom stereocenters. The molecule has 0 saturated heterocycles. The van der Waals surface area contributed by atoms with Crippen molar-refractivity contribution in [3.8, 4) is 0 Å². The summed E-state index contributed by atoms with van der Waals surface area (Å²) >= 11 is 1.32.